The predicted molar refractivity (Wildman–Crippen MR) is 111 cm³/mol. The average Bonchev–Trinajstić information content (AvgIpc) is 2.62. The lowest BCUT2D eigenvalue weighted by Gasteiger charge is -2.26. The van der Waals surface area contributed by atoms with Crippen LogP contribution in [0.1, 0.15) is 25.3 Å². The minimum Gasteiger partial charge on any atom is -0.379 e. The lowest BCUT2D eigenvalue weighted by molar-refractivity contribution is 0.0372. The Morgan fingerprint density at radius 1 is 1.19 bits per heavy atom. The maximum Gasteiger partial charge on any atom is 0.191 e. The molecule has 0 saturated carbocycles. The zero-order valence-electron chi connectivity index (χ0n) is 15.3. The number of morpholine rings is 1. The molecule has 1 aromatic rings. The van der Waals surface area contributed by atoms with E-state index in [4.69, 9.17) is 4.74 Å². The summed E-state index contributed by atoms with van der Waals surface area (Å²) in [6.07, 6.45) is 2.13. The molecule has 1 fully saturated rings. The highest BCUT2D eigenvalue weighted by Crippen LogP contribution is 2.10. The quantitative estimate of drug-likeness (QED) is 0.259. The largest absolute Gasteiger partial charge is 0.379 e. The zero-order valence-corrected chi connectivity index (χ0v) is 17.6. The summed E-state index contributed by atoms with van der Waals surface area (Å²) in [5.41, 5.74) is 0.254. The van der Waals surface area contributed by atoms with Gasteiger partial charge >= 0.3 is 0 Å². The topological polar surface area (TPSA) is 48.9 Å². The fourth-order valence-electron chi connectivity index (χ4n) is 2.66. The molecule has 1 aromatic carbocycles. The van der Waals surface area contributed by atoms with E-state index in [1.807, 2.05) is 6.92 Å². The molecule has 0 amide bonds. The third kappa shape index (κ3) is 8.59. The number of unbranched alkanes of at least 4 members (excludes halogenated alkanes) is 1. The molecule has 148 valence electrons. The maximum absolute atomic E-state index is 13.6. The first-order chi connectivity index (χ1) is 12.2. The molecule has 0 aromatic heterocycles. The first-order valence-corrected chi connectivity index (χ1v) is 8.95. The molecular weight excluding hydrogens is 453 g/mol. The van der Waals surface area contributed by atoms with Crippen LogP contribution in [0.15, 0.2) is 23.2 Å². The molecule has 1 aliphatic heterocycles. The molecule has 0 spiro atoms. The van der Waals surface area contributed by atoms with Gasteiger partial charge in [-0.1, -0.05) is 0 Å². The van der Waals surface area contributed by atoms with Crippen LogP contribution in [0, 0.1) is 11.6 Å². The summed E-state index contributed by atoms with van der Waals surface area (Å²) >= 11 is 0. The SMILES string of the molecule is CCNC(=NCc1cc(F)ccc1F)NCCCCN1CCOCC1.I. The Hall–Kier alpha value is -1.00. The Bertz CT molecular complexity index is 554. The maximum atomic E-state index is 13.6. The number of rotatable bonds is 8. The van der Waals surface area contributed by atoms with Crippen LogP contribution in [0.25, 0.3) is 0 Å². The van der Waals surface area contributed by atoms with Gasteiger partial charge in [-0.05, 0) is 44.5 Å². The van der Waals surface area contributed by atoms with Crippen molar-refractivity contribution in [3.8, 4) is 0 Å². The van der Waals surface area contributed by atoms with E-state index in [9.17, 15) is 8.78 Å². The van der Waals surface area contributed by atoms with Gasteiger partial charge < -0.3 is 15.4 Å². The first-order valence-electron chi connectivity index (χ1n) is 8.95. The Morgan fingerprint density at radius 3 is 2.69 bits per heavy atom. The number of hydrogen-bond acceptors (Lipinski definition) is 3. The molecule has 0 atom stereocenters. The molecule has 0 bridgehead atoms. The van der Waals surface area contributed by atoms with Gasteiger partial charge in [-0.2, -0.15) is 0 Å². The summed E-state index contributed by atoms with van der Waals surface area (Å²) in [6, 6.07) is 3.43. The zero-order chi connectivity index (χ0) is 17.9. The van der Waals surface area contributed by atoms with Crippen LogP contribution in [0.3, 0.4) is 0 Å². The monoisotopic (exact) mass is 482 g/mol. The number of ether oxygens (including phenoxy) is 1. The minimum atomic E-state index is -0.451. The van der Waals surface area contributed by atoms with Crippen LogP contribution in [-0.2, 0) is 11.3 Å². The molecular formula is C18H29F2IN4O. The van der Waals surface area contributed by atoms with Crippen molar-refractivity contribution in [1.29, 1.82) is 0 Å². The molecule has 1 saturated heterocycles. The van der Waals surface area contributed by atoms with Gasteiger partial charge in [0.15, 0.2) is 5.96 Å². The first kappa shape index (κ1) is 23.0. The van der Waals surface area contributed by atoms with Gasteiger partial charge in [0.25, 0.3) is 0 Å². The number of halogens is 3. The Morgan fingerprint density at radius 2 is 1.96 bits per heavy atom. The fraction of sp³-hybridized carbons (Fsp3) is 0.611. The van der Waals surface area contributed by atoms with Gasteiger partial charge in [-0.15, -0.1) is 24.0 Å². The molecule has 0 radical (unpaired) electrons. The molecule has 2 rings (SSSR count). The van der Waals surface area contributed by atoms with Gasteiger partial charge in [0, 0.05) is 31.7 Å². The van der Waals surface area contributed by atoms with Crippen molar-refractivity contribution in [3.05, 3.63) is 35.4 Å². The van der Waals surface area contributed by atoms with E-state index in [2.05, 4.69) is 20.5 Å². The molecule has 8 heteroatoms. The molecule has 1 aliphatic rings. The number of guanidine groups is 1. The Labute approximate surface area is 171 Å². The van der Waals surface area contributed by atoms with E-state index in [0.29, 0.717) is 12.5 Å². The highest BCUT2D eigenvalue weighted by Gasteiger charge is 2.09. The van der Waals surface area contributed by atoms with Gasteiger partial charge in [0.1, 0.15) is 11.6 Å². The number of aliphatic imine (C=N–C) groups is 1. The molecule has 0 unspecified atom stereocenters. The van der Waals surface area contributed by atoms with Gasteiger partial charge in [0.05, 0.1) is 19.8 Å². The van der Waals surface area contributed by atoms with E-state index in [1.165, 1.54) is 6.07 Å². The van der Waals surface area contributed by atoms with Gasteiger partial charge in [-0.25, -0.2) is 13.8 Å². The standard InChI is InChI=1S/C18H28F2N4O.HI/c1-2-21-18(23-14-15-13-16(19)5-6-17(15)20)22-7-3-4-8-24-9-11-25-12-10-24;/h5-6,13H,2-4,7-12,14H2,1H3,(H2,21,22,23);1H. The van der Waals surface area contributed by atoms with E-state index in [1.54, 1.807) is 0 Å². The van der Waals surface area contributed by atoms with Crippen LogP contribution in [0.2, 0.25) is 0 Å². The number of hydrogen-bond donors (Lipinski definition) is 2. The van der Waals surface area contributed by atoms with Gasteiger partial charge in [0.2, 0.25) is 0 Å². The average molecular weight is 482 g/mol. The van der Waals surface area contributed by atoms with Crippen molar-refractivity contribution < 1.29 is 13.5 Å². The van der Waals surface area contributed by atoms with E-state index >= 15 is 0 Å². The van der Waals surface area contributed by atoms with Crippen molar-refractivity contribution in [2.24, 2.45) is 4.99 Å². The highest BCUT2D eigenvalue weighted by atomic mass is 127. The number of benzene rings is 1. The van der Waals surface area contributed by atoms with Crippen LogP contribution in [0.5, 0.6) is 0 Å². The van der Waals surface area contributed by atoms with Crippen molar-refractivity contribution in [3.63, 3.8) is 0 Å². The molecule has 5 nitrogen and oxygen atoms in total. The third-order valence-corrected chi connectivity index (χ3v) is 4.06. The highest BCUT2D eigenvalue weighted by molar-refractivity contribution is 14.0. The Kier molecular flexibility index (Phi) is 11.7. The van der Waals surface area contributed by atoms with E-state index in [0.717, 1.165) is 64.4 Å². The summed E-state index contributed by atoms with van der Waals surface area (Å²) in [6.45, 7) is 8.33. The van der Waals surface area contributed by atoms with Crippen LogP contribution >= 0.6 is 24.0 Å². The normalized spacial score (nSPS) is 15.4. The number of nitrogens with one attached hydrogen (secondary N) is 2. The minimum absolute atomic E-state index is 0. The smallest absolute Gasteiger partial charge is 0.191 e. The lowest BCUT2D eigenvalue weighted by atomic mass is 10.2. The summed E-state index contributed by atoms with van der Waals surface area (Å²) in [5, 5.41) is 6.37. The Balaban J connectivity index is 0.00000338. The van der Waals surface area contributed by atoms with Crippen molar-refractivity contribution in [2.45, 2.75) is 26.3 Å². The van der Waals surface area contributed by atoms with E-state index < -0.39 is 11.6 Å². The van der Waals surface area contributed by atoms with Crippen molar-refractivity contribution >= 4 is 29.9 Å². The summed E-state index contributed by atoms with van der Waals surface area (Å²) in [4.78, 5) is 6.75. The van der Waals surface area contributed by atoms with Crippen LogP contribution < -0.4 is 10.6 Å². The van der Waals surface area contributed by atoms with Gasteiger partial charge in [-0.3, -0.25) is 4.90 Å². The predicted octanol–water partition coefficient (Wildman–Crippen LogP) is 2.75. The second-order valence-corrected chi connectivity index (χ2v) is 6.02. The summed E-state index contributed by atoms with van der Waals surface area (Å²) < 4.78 is 32.2. The summed E-state index contributed by atoms with van der Waals surface area (Å²) in [7, 11) is 0. The molecule has 2 N–H and O–H groups in total. The van der Waals surface area contributed by atoms with Crippen LogP contribution in [-0.4, -0.2) is 56.8 Å². The van der Waals surface area contributed by atoms with Crippen molar-refractivity contribution in [2.75, 3.05) is 45.9 Å². The summed E-state index contributed by atoms with van der Waals surface area (Å²) in [5.74, 6) is -0.267. The number of nitrogens with zero attached hydrogens (tertiary/aromatic N) is 2. The fourth-order valence-corrected chi connectivity index (χ4v) is 2.66. The van der Waals surface area contributed by atoms with E-state index in [-0.39, 0.29) is 36.1 Å². The third-order valence-electron chi connectivity index (χ3n) is 4.06. The second kappa shape index (κ2) is 13.2. The lowest BCUT2D eigenvalue weighted by Crippen LogP contribution is -2.39. The second-order valence-electron chi connectivity index (χ2n) is 6.02. The molecule has 1 heterocycles. The molecule has 26 heavy (non-hydrogen) atoms. The van der Waals surface area contributed by atoms with Crippen LogP contribution in [0.4, 0.5) is 8.78 Å². The van der Waals surface area contributed by atoms with Crippen molar-refractivity contribution in [1.82, 2.24) is 15.5 Å². The molecule has 0 aliphatic carbocycles.